The summed E-state index contributed by atoms with van der Waals surface area (Å²) in [6, 6.07) is 9.58. The van der Waals surface area contributed by atoms with Gasteiger partial charge in [-0.05, 0) is 56.3 Å². The largest absolute Gasteiger partial charge is 0.439 e. The van der Waals surface area contributed by atoms with Crippen LogP contribution in [0.4, 0.5) is 9.18 Å². The van der Waals surface area contributed by atoms with Crippen LogP contribution in [0, 0.1) is 0 Å². The monoisotopic (exact) mass is 512 g/mol. The number of imide groups is 1. The Hall–Kier alpha value is -3.01. The molecular weight excluding hydrogens is 491 g/mol. The summed E-state index contributed by atoms with van der Waals surface area (Å²) < 4.78 is 23.4. The molecular formula is C25H22ClFN4O3S. The number of pyridine rings is 1. The molecule has 0 aliphatic carbocycles. The van der Waals surface area contributed by atoms with Gasteiger partial charge in [-0.25, -0.2) is 14.1 Å². The van der Waals surface area contributed by atoms with Crippen LogP contribution in [0.25, 0.3) is 32.2 Å². The van der Waals surface area contributed by atoms with Gasteiger partial charge in [0.05, 0.1) is 28.8 Å². The molecule has 1 aromatic carbocycles. The van der Waals surface area contributed by atoms with E-state index in [0.717, 1.165) is 42.0 Å². The van der Waals surface area contributed by atoms with Crippen LogP contribution in [0.2, 0.25) is 5.02 Å². The zero-order valence-corrected chi connectivity index (χ0v) is 20.3. The molecule has 0 radical (unpaired) electrons. The Morgan fingerprint density at radius 1 is 1.17 bits per heavy atom. The van der Waals surface area contributed by atoms with E-state index in [-0.39, 0.29) is 25.6 Å². The zero-order valence-electron chi connectivity index (χ0n) is 18.7. The van der Waals surface area contributed by atoms with E-state index in [4.69, 9.17) is 16.3 Å². The van der Waals surface area contributed by atoms with Crippen molar-refractivity contribution in [3.63, 3.8) is 0 Å². The summed E-state index contributed by atoms with van der Waals surface area (Å²) in [5.41, 5.74) is 2.23. The van der Waals surface area contributed by atoms with Crippen LogP contribution in [0.3, 0.4) is 0 Å². The van der Waals surface area contributed by atoms with Crippen LogP contribution >= 0.6 is 22.9 Å². The van der Waals surface area contributed by atoms with Gasteiger partial charge in [0, 0.05) is 38.8 Å². The molecule has 3 aromatic heterocycles. The highest BCUT2D eigenvalue weighted by Crippen LogP contribution is 2.40. The first kappa shape index (κ1) is 22.5. The molecule has 35 heavy (non-hydrogen) atoms. The second kappa shape index (κ2) is 8.58. The minimum atomic E-state index is -1.27. The number of aromatic nitrogens is 2. The third kappa shape index (κ3) is 4.07. The van der Waals surface area contributed by atoms with Crippen LogP contribution < -0.4 is 5.32 Å². The van der Waals surface area contributed by atoms with Crippen LogP contribution in [-0.4, -0.2) is 51.8 Å². The van der Waals surface area contributed by atoms with Crippen molar-refractivity contribution >= 4 is 56.1 Å². The number of hydrogen-bond acceptors (Lipinski definition) is 6. The topological polar surface area (TPSA) is 76.5 Å². The van der Waals surface area contributed by atoms with E-state index in [2.05, 4.69) is 10.3 Å². The number of carbonyl (C=O) groups is 2. The summed E-state index contributed by atoms with van der Waals surface area (Å²) in [6.07, 6.45) is 3.97. The lowest BCUT2D eigenvalue weighted by Crippen LogP contribution is -2.41. The highest BCUT2D eigenvalue weighted by molar-refractivity contribution is 7.19. The van der Waals surface area contributed by atoms with E-state index in [1.807, 2.05) is 41.1 Å². The Bertz CT molecular complexity index is 1460. The first-order valence-electron chi connectivity index (χ1n) is 11.4. The number of nitrogens with one attached hydrogen (secondary N) is 1. The molecule has 0 spiro atoms. The summed E-state index contributed by atoms with van der Waals surface area (Å²) in [4.78, 5) is 30.3. The smallest absolute Gasteiger partial charge is 0.417 e. The quantitative estimate of drug-likeness (QED) is 0.400. The molecule has 5 heterocycles. The van der Waals surface area contributed by atoms with Crippen molar-refractivity contribution in [2.24, 2.45) is 0 Å². The molecule has 1 N–H and O–H groups in total. The van der Waals surface area contributed by atoms with Gasteiger partial charge in [-0.2, -0.15) is 0 Å². The third-order valence-corrected chi connectivity index (χ3v) is 8.05. The van der Waals surface area contributed by atoms with Crippen LogP contribution in [0.1, 0.15) is 17.7 Å². The number of fused-ring (bicyclic) bond motifs is 2. The van der Waals surface area contributed by atoms with Crippen molar-refractivity contribution in [3.8, 4) is 11.1 Å². The number of hydrogen-bond donors (Lipinski definition) is 1. The fraction of sp³-hybridized carbons (Fsp3) is 0.320. The van der Waals surface area contributed by atoms with Crippen molar-refractivity contribution in [2.45, 2.75) is 31.6 Å². The lowest BCUT2D eigenvalue weighted by molar-refractivity contribution is -0.126. The normalized spacial score (nSPS) is 18.1. The maximum absolute atomic E-state index is 15.6. The lowest BCUT2D eigenvalue weighted by Gasteiger charge is -2.31. The second-order valence-electron chi connectivity index (χ2n) is 9.06. The molecule has 6 rings (SSSR count). The molecule has 0 bridgehead atoms. The van der Waals surface area contributed by atoms with Gasteiger partial charge in [-0.3, -0.25) is 9.78 Å². The molecule has 2 aliphatic rings. The lowest BCUT2D eigenvalue weighted by atomic mass is 9.94. The number of amides is 2. The minimum Gasteiger partial charge on any atom is -0.439 e. The summed E-state index contributed by atoms with van der Waals surface area (Å²) in [6.45, 7) is 1.53. The van der Waals surface area contributed by atoms with Gasteiger partial charge in [-0.1, -0.05) is 11.6 Å². The number of rotatable bonds is 5. The van der Waals surface area contributed by atoms with E-state index >= 15 is 4.39 Å². The molecule has 0 saturated carbocycles. The average molecular weight is 513 g/mol. The number of halogens is 2. The Labute approximate surface area is 209 Å². The van der Waals surface area contributed by atoms with E-state index in [1.54, 1.807) is 6.20 Å². The van der Waals surface area contributed by atoms with E-state index in [0.29, 0.717) is 31.0 Å². The molecule has 2 aliphatic heterocycles. The molecule has 0 atom stereocenters. The number of carbonyl (C=O) groups excluding carboxylic acids is 2. The summed E-state index contributed by atoms with van der Waals surface area (Å²) in [7, 11) is 0. The number of alkyl halides is 1. The van der Waals surface area contributed by atoms with Gasteiger partial charge in [0.2, 0.25) is 0 Å². The predicted octanol–water partition coefficient (Wildman–Crippen LogP) is 5.14. The fourth-order valence-corrected chi connectivity index (χ4v) is 6.31. The number of nitrogens with zero attached hydrogens (tertiary/aromatic N) is 3. The SMILES string of the molecule is O=C1COC(=O)N1Cc1cc2nccc(-c3cc(Cl)cc4ccn(CC5(F)CCNCC5)c34)c2s1. The maximum atomic E-state index is 15.6. The molecule has 2 saturated heterocycles. The van der Waals surface area contributed by atoms with Crippen LogP contribution in [-0.2, 0) is 22.6 Å². The van der Waals surface area contributed by atoms with E-state index in [1.165, 1.54) is 11.3 Å². The number of piperidine rings is 1. The molecule has 4 aromatic rings. The first-order chi connectivity index (χ1) is 16.9. The van der Waals surface area contributed by atoms with Crippen molar-refractivity contribution in [2.75, 3.05) is 19.7 Å². The van der Waals surface area contributed by atoms with Crippen molar-refractivity contribution < 1.29 is 18.7 Å². The highest BCUT2D eigenvalue weighted by atomic mass is 35.5. The Balaban J connectivity index is 1.45. The average Bonchev–Trinajstić information content (AvgIpc) is 3.52. The van der Waals surface area contributed by atoms with E-state index in [9.17, 15) is 9.59 Å². The second-order valence-corrected chi connectivity index (χ2v) is 10.6. The van der Waals surface area contributed by atoms with Gasteiger partial charge < -0.3 is 14.6 Å². The molecule has 0 unspecified atom stereocenters. The Morgan fingerprint density at radius 3 is 2.77 bits per heavy atom. The number of thiophene rings is 1. The van der Waals surface area contributed by atoms with Crippen molar-refractivity contribution in [3.05, 3.63) is 52.6 Å². The van der Waals surface area contributed by atoms with Crippen LogP contribution in [0.5, 0.6) is 0 Å². The fourth-order valence-electron chi connectivity index (χ4n) is 4.96. The highest BCUT2D eigenvalue weighted by Gasteiger charge is 2.33. The standard InChI is InChI=1S/C25H22ClFN4O3S/c26-16-9-15-2-8-30(14-25(27)3-6-28-7-4-25)22(15)19(10-16)18-1-5-29-20-11-17(35-23(18)20)12-31-21(32)13-34-24(31)33/h1-2,5,8-11,28H,3-4,6-7,12-14H2. The van der Waals surface area contributed by atoms with E-state index < -0.39 is 11.8 Å². The van der Waals surface area contributed by atoms with Gasteiger partial charge in [-0.15, -0.1) is 11.3 Å². The number of ether oxygens (including phenoxy) is 1. The molecule has 2 fully saturated rings. The van der Waals surface area contributed by atoms with Gasteiger partial charge >= 0.3 is 6.09 Å². The van der Waals surface area contributed by atoms with Crippen molar-refractivity contribution in [1.29, 1.82) is 0 Å². The Morgan fingerprint density at radius 2 is 2.00 bits per heavy atom. The third-order valence-electron chi connectivity index (χ3n) is 6.69. The molecule has 2 amide bonds. The molecule has 180 valence electrons. The number of cyclic esters (lactones) is 1. The van der Waals surface area contributed by atoms with Gasteiger partial charge in [0.1, 0.15) is 5.67 Å². The number of benzene rings is 1. The van der Waals surface area contributed by atoms with Crippen LogP contribution in [0.15, 0.2) is 42.7 Å². The van der Waals surface area contributed by atoms with Crippen molar-refractivity contribution in [1.82, 2.24) is 19.8 Å². The zero-order chi connectivity index (χ0) is 24.2. The van der Waals surface area contributed by atoms with Gasteiger partial charge in [0.15, 0.2) is 6.61 Å². The first-order valence-corrected chi connectivity index (χ1v) is 12.6. The predicted molar refractivity (Wildman–Crippen MR) is 133 cm³/mol. The Kier molecular flexibility index (Phi) is 5.51. The summed E-state index contributed by atoms with van der Waals surface area (Å²) in [5, 5.41) is 4.76. The summed E-state index contributed by atoms with van der Waals surface area (Å²) >= 11 is 7.97. The molecule has 10 heteroatoms. The minimum absolute atomic E-state index is 0.137. The summed E-state index contributed by atoms with van der Waals surface area (Å²) in [5.74, 6) is -0.354. The maximum Gasteiger partial charge on any atom is 0.417 e. The molecule has 7 nitrogen and oxygen atoms in total. The van der Waals surface area contributed by atoms with Gasteiger partial charge in [0.25, 0.3) is 5.91 Å².